The van der Waals surface area contributed by atoms with Crippen molar-refractivity contribution in [3.63, 3.8) is 0 Å². The van der Waals surface area contributed by atoms with Crippen LogP contribution in [0.1, 0.15) is 32.6 Å². The van der Waals surface area contributed by atoms with Crippen molar-refractivity contribution >= 4 is 15.7 Å². The average Bonchev–Trinajstić information content (AvgIpc) is 2.96. The van der Waals surface area contributed by atoms with Crippen molar-refractivity contribution in [3.05, 3.63) is 0 Å². The highest BCUT2D eigenvalue weighted by Gasteiger charge is 2.29. The summed E-state index contributed by atoms with van der Waals surface area (Å²) in [4.78, 5) is 13.5. The molecule has 1 saturated heterocycles. The van der Waals surface area contributed by atoms with Crippen molar-refractivity contribution in [3.8, 4) is 0 Å². The number of carbonyl (C=O) groups is 1. The predicted molar refractivity (Wildman–Crippen MR) is 70.1 cm³/mol. The molecule has 104 valence electrons. The SMILES string of the molecule is CC(CNC1CC1)S(=O)(=O)CC(=O)N1CCCC1. The second kappa shape index (κ2) is 5.57. The molecule has 1 aliphatic heterocycles. The molecule has 1 heterocycles. The largest absolute Gasteiger partial charge is 0.342 e. The summed E-state index contributed by atoms with van der Waals surface area (Å²) in [5.74, 6) is -0.564. The summed E-state index contributed by atoms with van der Waals surface area (Å²) in [6.45, 7) is 3.56. The van der Waals surface area contributed by atoms with Gasteiger partial charge >= 0.3 is 0 Å². The van der Waals surface area contributed by atoms with Gasteiger partial charge in [0.15, 0.2) is 9.84 Å². The van der Waals surface area contributed by atoms with E-state index in [2.05, 4.69) is 5.32 Å². The molecule has 1 unspecified atom stereocenters. The quantitative estimate of drug-likeness (QED) is 0.749. The number of amides is 1. The van der Waals surface area contributed by atoms with E-state index in [-0.39, 0.29) is 11.7 Å². The number of rotatable bonds is 6. The lowest BCUT2D eigenvalue weighted by atomic mass is 10.4. The van der Waals surface area contributed by atoms with Crippen LogP contribution >= 0.6 is 0 Å². The summed E-state index contributed by atoms with van der Waals surface area (Å²) >= 11 is 0. The third-order valence-electron chi connectivity index (χ3n) is 3.67. The molecule has 1 aliphatic carbocycles. The molecule has 1 saturated carbocycles. The van der Waals surface area contributed by atoms with Crippen LogP contribution in [-0.2, 0) is 14.6 Å². The van der Waals surface area contributed by atoms with Crippen molar-refractivity contribution in [2.45, 2.75) is 43.9 Å². The Kier molecular flexibility index (Phi) is 4.27. The zero-order valence-electron chi connectivity index (χ0n) is 10.9. The van der Waals surface area contributed by atoms with Gasteiger partial charge in [-0.05, 0) is 32.6 Å². The van der Waals surface area contributed by atoms with E-state index in [4.69, 9.17) is 0 Å². The predicted octanol–water partition coefficient (Wildman–Crippen LogP) is 0.164. The van der Waals surface area contributed by atoms with Crippen LogP contribution in [0, 0.1) is 0 Å². The molecule has 0 aromatic carbocycles. The molecule has 1 amide bonds. The lowest BCUT2D eigenvalue weighted by Crippen LogP contribution is -2.39. The number of hydrogen-bond acceptors (Lipinski definition) is 4. The van der Waals surface area contributed by atoms with Crippen molar-refractivity contribution in [1.82, 2.24) is 10.2 Å². The van der Waals surface area contributed by atoms with Gasteiger partial charge in [-0.1, -0.05) is 0 Å². The molecule has 2 rings (SSSR count). The highest BCUT2D eigenvalue weighted by Crippen LogP contribution is 2.19. The van der Waals surface area contributed by atoms with Gasteiger partial charge in [0.25, 0.3) is 0 Å². The van der Waals surface area contributed by atoms with E-state index in [0.717, 1.165) is 25.7 Å². The van der Waals surface area contributed by atoms with E-state index in [1.54, 1.807) is 11.8 Å². The third kappa shape index (κ3) is 3.68. The summed E-state index contributed by atoms with van der Waals surface area (Å²) in [7, 11) is -3.32. The van der Waals surface area contributed by atoms with Gasteiger partial charge < -0.3 is 10.2 Å². The van der Waals surface area contributed by atoms with Crippen LogP contribution in [-0.4, -0.2) is 55.9 Å². The summed E-state index contributed by atoms with van der Waals surface area (Å²) in [5, 5.41) is 2.72. The molecule has 6 heteroatoms. The Morgan fingerprint density at radius 1 is 1.33 bits per heavy atom. The van der Waals surface area contributed by atoms with Crippen molar-refractivity contribution in [1.29, 1.82) is 0 Å². The van der Waals surface area contributed by atoms with Crippen molar-refractivity contribution in [2.24, 2.45) is 0 Å². The second-order valence-corrected chi connectivity index (χ2v) is 7.81. The van der Waals surface area contributed by atoms with Gasteiger partial charge in [0.1, 0.15) is 5.75 Å². The molecule has 1 atom stereocenters. The van der Waals surface area contributed by atoms with Crippen LogP contribution in [0.2, 0.25) is 0 Å². The highest BCUT2D eigenvalue weighted by molar-refractivity contribution is 7.92. The number of hydrogen-bond donors (Lipinski definition) is 1. The fraction of sp³-hybridized carbons (Fsp3) is 0.917. The maximum atomic E-state index is 12.0. The van der Waals surface area contributed by atoms with E-state index in [1.807, 2.05) is 0 Å². The van der Waals surface area contributed by atoms with Gasteiger partial charge in [-0.2, -0.15) is 0 Å². The van der Waals surface area contributed by atoms with Crippen LogP contribution in [0.15, 0.2) is 0 Å². The maximum Gasteiger partial charge on any atom is 0.237 e. The number of carbonyl (C=O) groups excluding carboxylic acids is 1. The fourth-order valence-corrected chi connectivity index (χ4v) is 3.28. The number of nitrogens with one attached hydrogen (secondary N) is 1. The third-order valence-corrected chi connectivity index (χ3v) is 5.71. The number of likely N-dealkylation sites (tertiary alicyclic amines) is 1. The summed E-state index contributed by atoms with van der Waals surface area (Å²) in [6.07, 6.45) is 4.26. The topological polar surface area (TPSA) is 66.5 Å². The van der Waals surface area contributed by atoms with Crippen molar-refractivity contribution < 1.29 is 13.2 Å². The minimum absolute atomic E-state index is 0.231. The van der Waals surface area contributed by atoms with Crippen LogP contribution in [0.25, 0.3) is 0 Å². The smallest absolute Gasteiger partial charge is 0.237 e. The molecule has 0 aromatic heterocycles. The molecule has 18 heavy (non-hydrogen) atoms. The lowest BCUT2D eigenvalue weighted by molar-refractivity contribution is -0.127. The van der Waals surface area contributed by atoms with E-state index >= 15 is 0 Å². The van der Waals surface area contributed by atoms with Gasteiger partial charge in [-0.25, -0.2) is 8.42 Å². The Labute approximate surface area is 109 Å². The second-order valence-electron chi connectivity index (χ2n) is 5.39. The van der Waals surface area contributed by atoms with E-state index in [9.17, 15) is 13.2 Å². The molecule has 1 N–H and O–H groups in total. The molecule has 0 bridgehead atoms. The molecular weight excluding hydrogens is 252 g/mol. The van der Waals surface area contributed by atoms with Gasteiger partial charge in [-0.3, -0.25) is 4.79 Å². The van der Waals surface area contributed by atoms with Gasteiger partial charge in [-0.15, -0.1) is 0 Å². The molecule has 0 aromatic rings. The first kappa shape index (κ1) is 13.8. The van der Waals surface area contributed by atoms with Crippen LogP contribution in [0.5, 0.6) is 0 Å². The summed E-state index contributed by atoms with van der Waals surface area (Å²) in [6, 6.07) is 0.497. The molecule has 2 fully saturated rings. The molecule has 2 aliphatic rings. The average molecular weight is 274 g/mol. The molecule has 0 spiro atoms. The van der Waals surface area contributed by atoms with Crippen LogP contribution < -0.4 is 5.32 Å². The first-order valence-corrected chi connectivity index (χ1v) is 8.43. The monoisotopic (exact) mass is 274 g/mol. The van der Waals surface area contributed by atoms with Crippen LogP contribution in [0.3, 0.4) is 0 Å². The van der Waals surface area contributed by atoms with Gasteiger partial charge in [0.2, 0.25) is 5.91 Å². The minimum atomic E-state index is -3.32. The van der Waals surface area contributed by atoms with Gasteiger partial charge in [0.05, 0.1) is 5.25 Å². The Morgan fingerprint density at radius 2 is 1.94 bits per heavy atom. The van der Waals surface area contributed by atoms with E-state index in [1.165, 1.54) is 0 Å². The van der Waals surface area contributed by atoms with Crippen LogP contribution in [0.4, 0.5) is 0 Å². The van der Waals surface area contributed by atoms with E-state index in [0.29, 0.717) is 25.7 Å². The Balaban J connectivity index is 1.82. The van der Waals surface area contributed by atoms with Crippen molar-refractivity contribution in [2.75, 3.05) is 25.4 Å². The fourth-order valence-electron chi connectivity index (χ4n) is 2.12. The normalized spacial score (nSPS) is 22.2. The first-order chi connectivity index (χ1) is 8.49. The molecule has 5 nitrogen and oxygen atoms in total. The Morgan fingerprint density at radius 3 is 2.50 bits per heavy atom. The number of sulfone groups is 1. The first-order valence-electron chi connectivity index (χ1n) is 6.72. The standard InChI is InChI=1S/C12H22N2O3S/c1-10(8-13-11-4-5-11)18(16,17)9-12(15)14-6-2-3-7-14/h10-11,13H,2-9H2,1H3. The van der Waals surface area contributed by atoms with E-state index < -0.39 is 15.1 Å². The molecular formula is C12H22N2O3S. The highest BCUT2D eigenvalue weighted by atomic mass is 32.2. The van der Waals surface area contributed by atoms with Gasteiger partial charge in [0, 0.05) is 25.7 Å². The Hall–Kier alpha value is -0.620. The Bertz CT molecular complexity index is 398. The zero-order chi connectivity index (χ0) is 13.2. The molecule has 0 radical (unpaired) electrons. The minimum Gasteiger partial charge on any atom is -0.342 e. The zero-order valence-corrected chi connectivity index (χ0v) is 11.7. The number of nitrogens with zero attached hydrogens (tertiary/aromatic N) is 1. The summed E-state index contributed by atoms with van der Waals surface area (Å²) < 4.78 is 24.1. The lowest BCUT2D eigenvalue weighted by Gasteiger charge is -2.18. The summed E-state index contributed by atoms with van der Waals surface area (Å²) in [5.41, 5.74) is 0. The maximum absolute atomic E-state index is 12.0.